The lowest BCUT2D eigenvalue weighted by atomic mass is 10.2. The van der Waals surface area contributed by atoms with Crippen molar-refractivity contribution < 1.29 is 0 Å². The van der Waals surface area contributed by atoms with Gasteiger partial charge < -0.3 is 0 Å². The summed E-state index contributed by atoms with van der Waals surface area (Å²) in [5.74, 6) is 0. The van der Waals surface area contributed by atoms with Gasteiger partial charge in [0.1, 0.15) is 0 Å². The molecule has 0 saturated heterocycles. The van der Waals surface area contributed by atoms with E-state index in [1.54, 1.807) is 11.9 Å². The third-order valence-electron chi connectivity index (χ3n) is 1.22. The average Bonchev–Trinajstić information content (AvgIpc) is 2.34. The number of rotatable bonds is 3. The molecule has 0 bridgehead atoms. The minimum atomic E-state index is 1.18. The highest BCUT2D eigenvalue weighted by Crippen LogP contribution is 2.21. The van der Waals surface area contributed by atoms with E-state index in [4.69, 9.17) is 0 Å². The van der Waals surface area contributed by atoms with Crippen molar-refractivity contribution in [3.63, 3.8) is 0 Å². The van der Waals surface area contributed by atoms with Gasteiger partial charge in [-0.25, -0.2) is 0 Å². The van der Waals surface area contributed by atoms with E-state index in [9.17, 15) is 0 Å². The third kappa shape index (κ3) is 2.28. The molecule has 0 aromatic rings. The number of allylic oxidation sites excluding steroid dienone is 1. The second-order valence-corrected chi connectivity index (χ2v) is 2.92. The quantitative estimate of drug-likeness (QED) is 0.609. The van der Waals surface area contributed by atoms with Crippen molar-refractivity contribution >= 4 is 11.9 Å². The molecule has 1 radical (unpaired) electrons. The van der Waals surface area contributed by atoms with Gasteiger partial charge >= 0.3 is 0 Å². The first-order chi connectivity index (χ1) is 4.43. The lowest BCUT2D eigenvalue weighted by Gasteiger charge is -1.93. The van der Waals surface area contributed by atoms with Crippen molar-refractivity contribution in [2.24, 2.45) is 0 Å². The van der Waals surface area contributed by atoms with Crippen molar-refractivity contribution in [3.05, 3.63) is 11.1 Å². The molecule has 0 aromatic heterocycles. The summed E-state index contributed by atoms with van der Waals surface area (Å²) in [5.41, 5.74) is 2.81. The van der Waals surface area contributed by atoms with Crippen LogP contribution in [0.15, 0.2) is 11.1 Å². The van der Waals surface area contributed by atoms with Gasteiger partial charge in [-0.2, -0.15) is 0 Å². The van der Waals surface area contributed by atoms with E-state index in [0.29, 0.717) is 0 Å². The zero-order valence-corrected chi connectivity index (χ0v) is 6.37. The summed E-state index contributed by atoms with van der Waals surface area (Å²) in [6.45, 7) is 2.20. The molecule has 0 spiro atoms. The van der Waals surface area contributed by atoms with Crippen LogP contribution in [0.2, 0.25) is 0 Å². The molecule has 1 heterocycles. The van der Waals surface area contributed by atoms with Gasteiger partial charge in [0.15, 0.2) is 0 Å². The fourth-order valence-electron chi connectivity index (χ4n) is 0.678. The Kier molecular flexibility index (Phi) is 2.94. The first kappa shape index (κ1) is 6.96. The standard InChI is InChI=1S/C6H11N2S/c1-2-3-4-6-5-7-8-9-6/h5,7H,2-4H2,1H3. The normalized spacial score (nSPS) is 17.2. The van der Waals surface area contributed by atoms with Gasteiger partial charge in [-0.1, -0.05) is 18.2 Å². The van der Waals surface area contributed by atoms with Gasteiger partial charge in [-0.15, -0.1) is 0 Å². The molecule has 0 saturated carbocycles. The van der Waals surface area contributed by atoms with Crippen molar-refractivity contribution in [3.8, 4) is 0 Å². The fourth-order valence-corrected chi connectivity index (χ4v) is 1.24. The summed E-state index contributed by atoms with van der Waals surface area (Å²) in [5, 5.41) is 0. The highest BCUT2D eigenvalue weighted by Gasteiger charge is 2.03. The Bertz CT molecular complexity index is 112. The Labute approximate surface area is 60.2 Å². The Balaban J connectivity index is 2.11. The minimum absolute atomic E-state index is 1.18. The maximum absolute atomic E-state index is 3.89. The summed E-state index contributed by atoms with van der Waals surface area (Å²) in [6.07, 6.45) is 5.69. The van der Waals surface area contributed by atoms with Crippen molar-refractivity contribution in [1.82, 2.24) is 10.3 Å². The van der Waals surface area contributed by atoms with Crippen LogP contribution in [0.5, 0.6) is 0 Å². The summed E-state index contributed by atoms with van der Waals surface area (Å²) >= 11 is 1.56. The highest BCUT2D eigenvalue weighted by molar-refractivity contribution is 8.01. The number of nitrogens with zero attached hydrogens (tertiary/aromatic N) is 1. The molecule has 0 fully saturated rings. The van der Waals surface area contributed by atoms with Crippen LogP contribution in [-0.4, -0.2) is 0 Å². The van der Waals surface area contributed by atoms with Crippen LogP contribution in [0.4, 0.5) is 0 Å². The van der Waals surface area contributed by atoms with Crippen LogP contribution in [0.1, 0.15) is 26.2 Å². The third-order valence-corrected chi connectivity index (χ3v) is 1.97. The smallest absolute Gasteiger partial charge is 0.0261 e. The molecule has 0 unspecified atom stereocenters. The Morgan fingerprint density at radius 2 is 2.67 bits per heavy atom. The highest BCUT2D eigenvalue weighted by atomic mass is 32.2. The topological polar surface area (TPSA) is 26.1 Å². The second kappa shape index (κ2) is 3.80. The molecule has 0 amide bonds. The van der Waals surface area contributed by atoms with Gasteiger partial charge in [0.25, 0.3) is 0 Å². The number of hydrogen-bond donors (Lipinski definition) is 1. The summed E-state index contributed by atoms with van der Waals surface area (Å²) in [4.78, 5) is 5.25. The van der Waals surface area contributed by atoms with Crippen LogP contribution in [0.25, 0.3) is 0 Å². The molecule has 0 atom stereocenters. The van der Waals surface area contributed by atoms with E-state index in [1.165, 1.54) is 24.2 Å². The van der Waals surface area contributed by atoms with Gasteiger partial charge in [0.2, 0.25) is 0 Å². The van der Waals surface area contributed by atoms with Crippen LogP contribution in [0.3, 0.4) is 0 Å². The molecule has 0 aromatic carbocycles. The molecule has 0 aliphatic carbocycles. The van der Waals surface area contributed by atoms with Crippen LogP contribution < -0.4 is 10.3 Å². The number of unbranched alkanes of at least 4 members (excludes halogenated alkanes) is 1. The van der Waals surface area contributed by atoms with Crippen molar-refractivity contribution in [1.29, 1.82) is 0 Å². The molecule has 1 N–H and O–H groups in total. The summed E-state index contributed by atoms with van der Waals surface area (Å²) in [7, 11) is 0. The van der Waals surface area contributed by atoms with E-state index < -0.39 is 0 Å². The maximum Gasteiger partial charge on any atom is 0.0261 e. The molecular formula is C6H11N2S. The fraction of sp³-hybridized carbons (Fsp3) is 0.667. The molecule has 51 valence electrons. The van der Waals surface area contributed by atoms with E-state index >= 15 is 0 Å². The van der Waals surface area contributed by atoms with Crippen LogP contribution in [0, 0.1) is 0 Å². The van der Waals surface area contributed by atoms with Crippen molar-refractivity contribution in [2.75, 3.05) is 0 Å². The molecule has 9 heavy (non-hydrogen) atoms. The first-order valence-electron chi connectivity index (χ1n) is 3.25. The Morgan fingerprint density at radius 1 is 1.78 bits per heavy atom. The molecule has 2 nitrogen and oxygen atoms in total. The van der Waals surface area contributed by atoms with Crippen LogP contribution >= 0.6 is 11.9 Å². The van der Waals surface area contributed by atoms with E-state index in [-0.39, 0.29) is 0 Å². The SMILES string of the molecule is CCCCC1=CN[N]S1. The predicted molar refractivity (Wildman–Crippen MR) is 40.5 cm³/mol. The second-order valence-electron chi connectivity index (χ2n) is 2.03. The lowest BCUT2D eigenvalue weighted by molar-refractivity contribution is 0.805. The zero-order chi connectivity index (χ0) is 6.53. The van der Waals surface area contributed by atoms with Gasteiger partial charge in [0, 0.05) is 11.1 Å². The monoisotopic (exact) mass is 143 g/mol. The Hall–Kier alpha value is -0.150. The lowest BCUT2D eigenvalue weighted by Crippen LogP contribution is -2.02. The summed E-state index contributed by atoms with van der Waals surface area (Å²) < 4.78 is 0. The number of nitrogens with one attached hydrogen (secondary N) is 1. The maximum atomic E-state index is 3.89. The van der Waals surface area contributed by atoms with E-state index in [1.807, 2.05) is 6.20 Å². The average molecular weight is 143 g/mol. The van der Waals surface area contributed by atoms with Gasteiger partial charge in [-0.05, 0) is 24.8 Å². The first-order valence-corrected chi connectivity index (χ1v) is 4.02. The molecule has 1 rings (SSSR count). The molecule has 1 aliphatic rings. The predicted octanol–water partition coefficient (Wildman–Crippen LogP) is 1.79. The van der Waals surface area contributed by atoms with E-state index in [2.05, 4.69) is 17.2 Å². The summed E-state index contributed by atoms with van der Waals surface area (Å²) in [6, 6.07) is 0. The van der Waals surface area contributed by atoms with E-state index in [0.717, 1.165) is 0 Å². The Morgan fingerprint density at radius 3 is 3.22 bits per heavy atom. The molecule has 1 aliphatic heterocycles. The molecule has 3 heteroatoms. The minimum Gasteiger partial charge on any atom is -0.299 e. The zero-order valence-electron chi connectivity index (χ0n) is 5.55. The van der Waals surface area contributed by atoms with Gasteiger partial charge in [-0.3, -0.25) is 5.43 Å². The largest absolute Gasteiger partial charge is 0.299 e. The van der Waals surface area contributed by atoms with Crippen LogP contribution in [-0.2, 0) is 0 Å². The number of hydrogen-bond acceptors (Lipinski definition) is 2. The van der Waals surface area contributed by atoms with Gasteiger partial charge in [0.05, 0.1) is 0 Å². The molecular weight excluding hydrogens is 132 g/mol. The van der Waals surface area contributed by atoms with Crippen molar-refractivity contribution in [2.45, 2.75) is 26.2 Å².